The van der Waals surface area contributed by atoms with Crippen LogP contribution >= 0.6 is 0 Å². The number of nitrogens with zero attached hydrogens (tertiary/aromatic N) is 1. The van der Waals surface area contributed by atoms with Gasteiger partial charge in [-0.3, -0.25) is 19.4 Å². The molecule has 2 aromatic rings. The molecule has 1 aliphatic rings. The lowest BCUT2D eigenvalue weighted by Gasteiger charge is -2.24. The third-order valence-electron chi connectivity index (χ3n) is 11.5. The van der Waals surface area contributed by atoms with Crippen molar-refractivity contribution in [1.82, 2.24) is 4.98 Å². The van der Waals surface area contributed by atoms with Gasteiger partial charge in [-0.05, 0) is 129 Å². The van der Waals surface area contributed by atoms with Gasteiger partial charge in [0.2, 0.25) is 0 Å². The summed E-state index contributed by atoms with van der Waals surface area (Å²) in [6.45, 7) is 8.49. The van der Waals surface area contributed by atoms with Gasteiger partial charge in [-0.1, -0.05) is 42.5 Å². The minimum Gasteiger partial charge on any atom is -0.460 e. The second-order valence-electron chi connectivity index (χ2n) is 17.2. The zero-order valence-electron chi connectivity index (χ0n) is 35.9. The Morgan fingerprint density at radius 3 is 2.12 bits per heavy atom. The van der Waals surface area contributed by atoms with Gasteiger partial charge in [0.15, 0.2) is 5.75 Å². The molecule has 59 heavy (non-hydrogen) atoms. The molecular formula is C49H67NO9. The van der Waals surface area contributed by atoms with Crippen molar-refractivity contribution >= 4 is 17.9 Å². The molecule has 0 aliphatic heterocycles. The highest BCUT2D eigenvalue weighted by atomic mass is 16.6. The number of carbonyl (C=O) groups is 3. The number of carbonyl (C=O) groups excluding carboxylic acids is 3. The summed E-state index contributed by atoms with van der Waals surface area (Å²) in [7, 11) is 0. The lowest BCUT2D eigenvalue weighted by atomic mass is 9.85. The Morgan fingerprint density at radius 2 is 1.49 bits per heavy atom. The van der Waals surface area contributed by atoms with Crippen LogP contribution in [0.25, 0.3) is 0 Å². The topological polar surface area (TPSA) is 152 Å². The summed E-state index contributed by atoms with van der Waals surface area (Å²) < 4.78 is 17.4. The van der Waals surface area contributed by atoms with Crippen LogP contribution in [0.2, 0.25) is 0 Å². The number of allylic oxidation sites excluding steroid dienone is 2. The standard InChI is InChI=1S/C49H67NO9/c1-8-10-19-29-48(4,5)46(55)57-33-37-32-50-35(3)45(41(37)34-58-47(56)49(6,7)30-20-11-9-2)59-44(54)24-18-13-12-17-23-39-40(43(53)31-42(39)52)28-27-38(51)26-25-36-21-15-14-16-22-36/h1-2,12,14-17,21-22,32,38-40,42-43,51-53H,10-11,13,18-20,23-31,33-34H2,3-7H3/b17-12-/t38-,39+,40+,42-,43+/m0/s1. The number of rotatable bonds is 25. The molecule has 1 aromatic heterocycles. The van der Waals surface area contributed by atoms with E-state index in [1.54, 1.807) is 34.6 Å². The van der Waals surface area contributed by atoms with Crippen LogP contribution in [0.5, 0.6) is 5.75 Å². The lowest BCUT2D eigenvalue weighted by molar-refractivity contribution is -0.157. The van der Waals surface area contributed by atoms with Crippen molar-refractivity contribution in [2.24, 2.45) is 22.7 Å². The number of hydrogen-bond acceptors (Lipinski definition) is 10. The Balaban J connectivity index is 1.60. The molecule has 0 bridgehead atoms. The number of aromatic nitrogens is 1. The largest absolute Gasteiger partial charge is 0.460 e. The van der Waals surface area contributed by atoms with Gasteiger partial charge in [0.05, 0.1) is 34.8 Å². The molecule has 1 heterocycles. The first kappa shape index (κ1) is 48.9. The zero-order valence-corrected chi connectivity index (χ0v) is 35.9. The van der Waals surface area contributed by atoms with E-state index in [0.717, 1.165) is 6.42 Å². The molecule has 0 saturated heterocycles. The van der Waals surface area contributed by atoms with Gasteiger partial charge < -0.3 is 29.5 Å². The van der Waals surface area contributed by atoms with Crippen molar-refractivity contribution < 1.29 is 43.9 Å². The number of aliphatic hydroxyl groups excluding tert-OH is 3. The predicted octanol–water partition coefficient (Wildman–Crippen LogP) is 8.29. The first-order valence-electron chi connectivity index (χ1n) is 21.2. The molecule has 0 unspecified atom stereocenters. The monoisotopic (exact) mass is 813 g/mol. The first-order chi connectivity index (χ1) is 28.1. The summed E-state index contributed by atoms with van der Waals surface area (Å²) in [4.78, 5) is 44.0. The number of aryl methyl sites for hydroxylation is 2. The highest BCUT2D eigenvalue weighted by Crippen LogP contribution is 2.39. The molecule has 10 heteroatoms. The van der Waals surface area contributed by atoms with Gasteiger partial charge in [0.25, 0.3) is 0 Å². The number of esters is 3. The van der Waals surface area contributed by atoms with Gasteiger partial charge in [-0.2, -0.15) is 0 Å². The van der Waals surface area contributed by atoms with Crippen molar-refractivity contribution in [3.63, 3.8) is 0 Å². The smallest absolute Gasteiger partial charge is 0.311 e. The summed E-state index contributed by atoms with van der Waals surface area (Å²) in [5.41, 5.74) is 0.856. The number of unbranched alkanes of at least 4 members (excludes halogenated alkanes) is 3. The van der Waals surface area contributed by atoms with Crippen LogP contribution in [0.15, 0.2) is 48.7 Å². The number of hydrogen-bond donors (Lipinski definition) is 3. The number of benzene rings is 1. The molecule has 1 aromatic carbocycles. The van der Waals surface area contributed by atoms with E-state index in [4.69, 9.17) is 27.1 Å². The summed E-state index contributed by atoms with van der Waals surface area (Å²) in [6, 6.07) is 10.0. The molecule has 1 fully saturated rings. The Morgan fingerprint density at radius 1 is 0.881 bits per heavy atom. The van der Waals surface area contributed by atoms with E-state index in [1.807, 2.05) is 42.5 Å². The Kier molecular flexibility index (Phi) is 20.4. The van der Waals surface area contributed by atoms with Crippen molar-refractivity contribution in [2.75, 3.05) is 0 Å². The van der Waals surface area contributed by atoms with E-state index in [1.165, 1.54) is 11.8 Å². The predicted molar refractivity (Wildman–Crippen MR) is 228 cm³/mol. The van der Waals surface area contributed by atoms with E-state index >= 15 is 0 Å². The van der Waals surface area contributed by atoms with E-state index in [9.17, 15) is 29.7 Å². The molecule has 3 N–H and O–H groups in total. The van der Waals surface area contributed by atoms with Crippen molar-refractivity contribution in [2.45, 2.75) is 162 Å². The fraction of sp³-hybridized carbons (Fsp3) is 0.592. The molecular weight excluding hydrogens is 747 g/mol. The number of pyridine rings is 1. The number of aliphatic hydroxyl groups is 3. The second-order valence-corrected chi connectivity index (χ2v) is 17.2. The minimum absolute atomic E-state index is 0.102. The van der Waals surface area contributed by atoms with Crippen molar-refractivity contribution in [3.8, 4) is 30.4 Å². The van der Waals surface area contributed by atoms with Gasteiger partial charge in [0, 0.05) is 36.6 Å². The third-order valence-corrected chi connectivity index (χ3v) is 11.5. The van der Waals surface area contributed by atoms with Gasteiger partial charge >= 0.3 is 17.9 Å². The fourth-order valence-corrected chi connectivity index (χ4v) is 7.55. The summed E-state index contributed by atoms with van der Waals surface area (Å²) in [5.74, 6) is 3.78. The Labute approximate surface area is 352 Å². The lowest BCUT2D eigenvalue weighted by Crippen LogP contribution is -2.28. The van der Waals surface area contributed by atoms with Gasteiger partial charge in [-0.25, -0.2) is 0 Å². The highest BCUT2D eigenvalue weighted by Gasteiger charge is 2.40. The Bertz CT molecular complexity index is 1750. The molecule has 0 radical (unpaired) electrons. The van der Waals surface area contributed by atoms with Crippen molar-refractivity contribution in [3.05, 3.63) is 71.1 Å². The van der Waals surface area contributed by atoms with E-state index in [-0.39, 0.29) is 37.2 Å². The van der Waals surface area contributed by atoms with Crippen LogP contribution in [0.4, 0.5) is 0 Å². The van der Waals surface area contributed by atoms with Crippen LogP contribution in [0.1, 0.15) is 140 Å². The number of ether oxygens (including phenoxy) is 3. The molecule has 322 valence electrons. The fourth-order valence-electron chi connectivity index (χ4n) is 7.55. The zero-order chi connectivity index (χ0) is 43.4. The third kappa shape index (κ3) is 16.2. The SMILES string of the molecule is C#CCCCC(C)(C)C(=O)OCc1cnc(C)c(OC(=O)CCC/C=C\C[C@@H]2[C@@H](CC[C@@H](O)CCc3ccccc3)[C@H](O)C[C@@H]2O)c1COC(=O)C(C)(C)CCCC#C. The number of terminal acetylenes is 2. The molecule has 3 rings (SSSR count). The maximum Gasteiger partial charge on any atom is 0.311 e. The average Bonchev–Trinajstić information content (AvgIpc) is 3.47. The van der Waals surface area contributed by atoms with Gasteiger partial charge in [0.1, 0.15) is 13.2 Å². The van der Waals surface area contributed by atoms with Crippen LogP contribution in [-0.2, 0) is 43.5 Å². The van der Waals surface area contributed by atoms with Crippen LogP contribution in [-0.4, -0.2) is 56.5 Å². The quantitative estimate of drug-likeness (QED) is 0.0387. The first-order valence-corrected chi connectivity index (χ1v) is 21.2. The molecule has 1 aliphatic carbocycles. The van der Waals surface area contributed by atoms with Crippen LogP contribution in [0.3, 0.4) is 0 Å². The van der Waals surface area contributed by atoms with Crippen LogP contribution < -0.4 is 4.74 Å². The van der Waals surface area contributed by atoms with Crippen molar-refractivity contribution in [1.29, 1.82) is 0 Å². The molecule has 0 amide bonds. The molecule has 5 atom stereocenters. The summed E-state index contributed by atoms with van der Waals surface area (Å²) in [6.07, 6.45) is 22.8. The minimum atomic E-state index is -0.806. The molecule has 0 spiro atoms. The van der Waals surface area contributed by atoms with E-state index in [0.29, 0.717) is 100 Å². The second kappa shape index (κ2) is 24.6. The van der Waals surface area contributed by atoms with E-state index < -0.39 is 47.0 Å². The average molecular weight is 814 g/mol. The molecule has 1 saturated carbocycles. The maximum absolute atomic E-state index is 13.2. The normalized spacial score (nSPS) is 18.5. The highest BCUT2D eigenvalue weighted by molar-refractivity contribution is 5.77. The van der Waals surface area contributed by atoms with E-state index in [2.05, 4.69) is 16.8 Å². The summed E-state index contributed by atoms with van der Waals surface area (Å²) >= 11 is 0. The molecule has 10 nitrogen and oxygen atoms in total. The Hall–Kier alpha value is -4.48. The van der Waals surface area contributed by atoms with Crippen LogP contribution in [0, 0.1) is 54.3 Å². The van der Waals surface area contributed by atoms with Gasteiger partial charge in [-0.15, -0.1) is 24.7 Å². The summed E-state index contributed by atoms with van der Waals surface area (Å²) in [5, 5.41) is 32.1. The maximum atomic E-state index is 13.2.